The monoisotopic (exact) mass is 431 g/mol. The summed E-state index contributed by atoms with van der Waals surface area (Å²) < 4.78 is 30.4. The number of aromatic nitrogens is 1. The minimum Gasteiger partial charge on any atom is -0.497 e. The zero-order valence-electron chi connectivity index (χ0n) is 17.4. The van der Waals surface area contributed by atoms with Gasteiger partial charge in [-0.05, 0) is 56.5 Å². The molecule has 1 N–H and O–H groups in total. The molecule has 3 aliphatic rings. The van der Waals surface area contributed by atoms with Crippen LogP contribution in [0.5, 0.6) is 5.75 Å². The van der Waals surface area contributed by atoms with Crippen molar-refractivity contribution in [1.29, 1.82) is 0 Å². The molecule has 1 amide bonds. The lowest BCUT2D eigenvalue weighted by molar-refractivity contribution is 0.0407. The van der Waals surface area contributed by atoms with E-state index in [1.54, 1.807) is 12.0 Å². The van der Waals surface area contributed by atoms with Crippen LogP contribution in [0.1, 0.15) is 36.2 Å². The van der Waals surface area contributed by atoms with Crippen molar-refractivity contribution in [2.75, 3.05) is 45.6 Å². The summed E-state index contributed by atoms with van der Waals surface area (Å²) in [6.45, 7) is 3.59. The van der Waals surface area contributed by atoms with Gasteiger partial charge in [0.25, 0.3) is 5.91 Å². The van der Waals surface area contributed by atoms with E-state index >= 15 is 0 Å². The second-order valence-corrected chi connectivity index (χ2v) is 11.5. The summed E-state index contributed by atoms with van der Waals surface area (Å²) >= 11 is 0. The predicted octanol–water partition coefficient (Wildman–Crippen LogP) is 2.29. The first kappa shape index (κ1) is 19.9. The Bertz CT molecular complexity index is 1070. The number of benzene rings is 1. The maximum atomic E-state index is 13.1. The van der Waals surface area contributed by atoms with Crippen LogP contribution in [-0.2, 0) is 9.84 Å². The summed E-state index contributed by atoms with van der Waals surface area (Å²) in [7, 11) is -1.57. The Morgan fingerprint density at radius 1 is 1.20 bits per heavy atom. The van der Waals surface area contributed by atoms with E-state index in [0.29, 0.717) is 25.2 Å². The first-order chi connectivity index (χ1) is 14.4. The number of hydrogen-bond donors (Lipinski definition) is 1. The average molecular weight is 432 g/mol. The van der Waals surface area contributed by atoms with Gasteiger partial charge in [-0.1, -0.05) is 6.42 Å². The van der Waals surface area contributed by atoms with Crippen LogP contribution in [0, 0.1) is 5.92 Å². The molecule has 5 rings (SSSR count). The first-order valence-electron chi connectivity index (χ1n) is 10.8. The highest BCUT2D eigenvalue weighted by Gasteiger charge is 2.62. The molecule has 0 aliphatic carbocycles. The first-order valence-corrected chi connectivity index (χ1v) is 12.5. The molecule has 7 nitrogen and oxygen atoms in total. The lowest BCUT2D eigenvalue weighted by Gasteiger charge is -2.50. The molecule has 30 heavy (non-hydrogen) atoms. The van der Waals surface area contributed by atoms with Gasteiger partial charge in [0.15, 0.2) is 9.84 Å². The lowest BCUT2D eigenvalue weighted by atomic mass is 9.82. The summed E-state index contributed by atoms with van der Waals surface area (Å²) in [6.07, 6.45) is 4.38. The number of carbonyl (C=O) groups excluding carboxylic acids is 1. The average Bonchev–Trinajstić information content (AvgIpc) is 3.25. The van der Waals surface area contributed by atoms with Crippen LogP contribution in [-0.4, -0.2) is 79.4 Å². The number of methoxy groups -OCH3 is 1. The topological polar surface area (TPSA) is 82.7 Å². The SMILES string of the molecule is COc1ccc2cc(C(=O)N3CC4(C3)C(CN3CCCCC3)CCS4(=O)=O)[nH]c2c1. The van der Waals surface area contributed by atoms with Crippen molar-refractivity contribution in [1.82, 2.24) is 14.8 Å². The smallest absolute Gasteiger partial charge is 0.270 e. The summed E-state index contributed by atoms with van der Waals surface area (Å²) in [4.78, 5) is 20.3. The number of piperidine rings is 1. The molecule has 162 valence electrons. The van der Waals surface area contributed by atoms with Crippen LogP contribution in [0.25, 0.3) is 10.9 Å². The molecule has 0 bridgehead atoms. The maximum absolute atomic E-state index is 13.1. The Kier molecular flexibility index (Phi) is 4.82. The largest absolute Gasteiger partial charge is 0.497 e. The Morgan fingerprint density at radius 3 is 2.70 bits per heavy atom. The van der Waals surface area contributed by atoms with Gasteiger partial charge in [0.2, 0.25) is 0 Å². The zero-order chi connectivity index (χ0) is 20.9. The van der Waals surface area contributed by atoms with Crippen LogP contribution < -0.4 is 4.74 Å². The molecule has 1 aromatic heterocycles. The minimum atomic E-state index is -3.18. The quantitative estimate of drug-likeness (QED) is 0.803. The highest BCUT2D eigenvalue weighted by atomic mass is 32.2. The van der Waals surface area contributed by atoms with Crippen LogP contribution in [0.2, 0.25) is 0 Å². The number of sulfone groups is 1. The van der Waals surface area contributed by atoms with Crippen molar-refractivity contribution < 1.29 is 17.9 Å². The molecule has 0 saturated carbocycles. The number of ether oxygens (including phenoxy) is 1. The third kappa shape index (κ3) is 3.12. The third-order valence-electron chi connectivity index (χ3n) is 7.29. The molecule has 2 aromatic rings. The summed E-state index contributed by atoms with van der Waals surface area (Å²) in [6, 6.07) is 7.46. The molecule has 3 fully saturated rings. The van der Waals surface area contributed by atoms with E-state index in [2.05, 4.69) is 9.88 Å². The van der Waals surface area contributed by atoms with E-state index in [1.165, 1.54) is 19.3 Å². The van der Waals surface area contributed by atoms with Crippen molar-refractivity contribution in [3.05, 3.63) is 30.0 Å². The number of carbonyl (C=O) groups is 1. The lowest BCUT2D eigenvalue weighted by Crippen LogP contribution is -2.69. The zero-order valence-corrected chi connectivity index (χ0v) is 18.2. The number of nitrogens with zero attached hydrogens (tertiary/aromatic N) is 2. The number of rotatable bonds is 4. The Balaban J connectivity index is 1.33. The molecule has 4 heterocycles. The van der Waals surface area contributed by atoms with Gasteiger partial charge < -0.3 is 19.5 Å². The van der Waals surface area contributed by atoms with Crippen molar-refractivity contribution in [3.63, 3.8) is 0 Å². The standard InChI is InChI=1S/C22H29N3O4S/c1-29-18-6-5-16-11-20(23-19(16)12-18)21(26)25-14-22(15-25)17(7-10-30(22,27)28)13-24-8-3-2-4-9-24/h5-6,11-12,17,23H,2-4,7-10,13-15H2,1H3. The van der Waals surface area contributed by atoms with Gasteiger partial charge in [-0.25, -0.2) is 8.42 Å². The highest BCUT2D eigenvalue weighted by Crippen LogP contribution is 2.45. The second kappa shape index (κ2) is 7.27. The predicted molar refractivity (Wildman–Crippen MR) is 116 cm³/mol. The fourth-order valence-corrected chi connectivity index (χ4v) is 7.85. The summed E-state index contributed by atoms with van der Waals surface area (Å²) in [5, 5.41) is 0.936. The number of hydrogen-bond acceptors (Lipinski definition) is 5. The minimum absolute atomic E-state index is 0.122. The van der Waals surface area contributed by atoms with Gasteiger partial charge in [0.1, 0.15) is 16.2 Å². The van der Waals surface area contributed by atoms with E-state index in [0.717, 1.165) is 36.3 Å². The van der Waals surface area contributed by atoms with Gasteiger partial charge >= 0.3 is 0 Å². The van der Waals surface area contributed by atoms with Gasteiger partial charge in [-0.2, -0.15) is 0 Å². The number of aromatic amines is 1. The third-order valence-corrected chi connectivity index (χ3v) is 9.89. The molecule has 8 heteroatoms. The van der Waals surface area contributed by atoms with E-state index in [1.807, 2.05) is 24.3 Å². The number of likely N-dealkylation sites (tertiary alicyclic amines) is 2. The molecule has 1 atom stereocenters. The number of amides is 1. The second-order valence-electron chi connectivity index (χ2n) is 9.03. The van der Waals surface area contributed by atoms with E-state index < -0.39 is 14.6 Å². The van der Waals surface area contributed by atoms with Crippen LogP contribution >= 0.6 is 0 Å². The maximum Gasteiger partial charge on any atom is 0.270 e. The number of fused-ring (bicyclic) bond motifs is 1. The molecule has 3 aliphatic heterocycles. The van der Waals surface area contributed by atoms with Gasteiger partial charge in [0, 0.05) is 36.6 Å². The Hall–Kier alpha value is -2.06. The van der Waals surface area contributed by atoms with E-state index in [-0.39, 0.29) is 17.6 Å². The number of H-pyrrole nitrogens is 1. The van der Waals surface area contributed by atoms with Crippen molar-refractivity contribution in [3.8, 4) is 5.75 Å². The van der Waals surface area contributed by atoms with Gasteiger partial charge in [-0.3, -0.25) is 4.79 Å². The van der Waals surface area contributed by atoms with Crippen molar-refractivity contribution in [2.45, 2.75) is 30.4 Å². The highest BCUT2D eigenvalue weighted by molar-refractivity contribution is 7.93. The van der Waals surface area contributed by atoms with E-state index in [9.17, 15) is 13.2 Å². The van der Waals surface area contributed by atoms with Crippen LogP contribution in [0.3, 0.4) is 0 Å². The molecule has 0 radical (unpaired) electrons. The molecule has 1 unspecified atom stereocenters. The molecular formula is C22H29N3O4S. The molecule has 1 spiro atoms. The number of nitrogens with one attached hydrogen (secondary N) is 1. The fourth-order valence-electron chi connectivity index (χ4n) is 5.45. The van der Waals surface area contributed by atoms with Crippen LogP contribution in [0.15, 0.2) is 24.3 Å². The van der Waals surface area contributed by atoms with Gasteiger partial charge in [-0.15, -0.1) is 0 Å². The fraction of sp³-hybridized carbons (Fsp3) is 0.591. The van der Waals surface area contributed by atoms with Gasteiger partial charge in [0.05, 0.1) is 12.9 Å². The molecule has 3 saturated heterocycles. The summed E-state index contributed by atoms with van der Waals surface area (Å²) in [5.41, 5.74) is 1.33. The van der Waals surface area contributed by atoms with Crippen molar-refractivity contribution in [2.24, 2.45) is 5.92 Å². The summed E-state index contributed by atoms with van der Waals surface area (Å²) in [5.74, 6) is 0.967. The Morgan fingerprint density at radius 2 is 1.97 bits per heavy atom. The molecule has 1 aromatic carbocycles. The van der Waals surface area contributed by atoms with E-state index in [4.69, 9.17) is 4.74 Å². The van der Waals surface area contributed by atoms with Crippen LogP contribution in [0.4, 0.5) is 0 Å². The van der Waals surface area contributed by atoms with Crippen molar-refractivity contribution >= 4 is 26.6 Å². The molecular weight excluding hydrogens is 402 g/mol. The normalized spacial score (nSPS) is 25.5. The Labute approximate surface area is 177 Å².